The summed E-state index contributed by atoms with van der Waals surface area (Å²) in [6.07, 6.45) is 1.55. The molecule has 0 aliphatic heterocycles. The fraction of sp³-hybridized carbons (Fsp3) is 0.273. The highest BCUT2D eigenvalue weighted by Crippen LogP contribution is 2.21. The van der Waals surface area contributed by atoms with Crippen LogP contribution in [0.1, 0.15) is 6.92 Å². The van der Waals surface area contributed by atoms with Crippen molar-refractivity contribution in [2.75, 3.05) is 18.5 Å². The number of carbonyl (C=O) groups is 1. The number of amides is 1. The molecule has 10 heteroatoms. The Labute approximate surface area is 121 Å². The number of fused-ring (bicyclic) bond motifs is 1. The van der Waals surface area contributed by atoms with Crippen LogP contribution >= 0.6 is 0 Å². The normalized spacial score (nSPS) is 11.5. The summed E-state index contributed by atoms with van der Waals surface area (Å²) in [6.45, 7) is 1.80. The highest BCUT2D eigenvalue weighted by Gasteiger charge is 2.25. The minimum atomic E-state index is -3.95. The lowest BCUT2D eigenvalue weighted by atomic mass is 10.5. The summed E-state index contributed by atoms with van der Waals surface area (Å²) in [4.78, 5) is 15.4. The van der Waals surface area contributed by atoms with Crippen molar-refractivity contribution in [2.24, 2.45) is 5.84 Å². The zero-order valence-corrected chi connectivity index (χ0v) is 12.1. The summed E-state index contributed by atoms with van der Waals surface area (Å²) in [5.74, 6) is 4.90. The Morgan fingerprint density at radius 1 is 1.43 bits per heavy atom. The van der Waals surface area contributed by atoms with E-state index < -0.39 is 15.9 Å². The molecule has 0 fully saturated rings. The number of nitrogen functional groups attached to an aromatic ring is 1. The van der Waals surface area contributed by atoms with Crippen molar-refractivity contribution < 1.29 is 13.2 Å². The van der Waals surface area contributed by atoms with E-state index in [9.17, 15) is 13.2 Å². The lowest BCUT2D eigenvalue weighted by Gasteiger charge is -2.08. The van der Waals surface area contributed by atoms with E-state index in [1.165, 1.54) is 4.40 Å². The third-order valence-electron chi connectivity index (χ3n) is 2.67. The fourth-order valence-electron chi connectivity index (χ4n) is 1.81. The van der Waals surface area contributed by atoms with Crippen LogP contribution in [-0.2, 0) is 14.8 Å². The van der Waals surface area contributed by atoms with Gasteiger partial charge in [-0.05, 0) is 19.1 Å². The van der Waals surface area contributed by atoms with E-state index in [0.717, 1.165) is 0 Å². The van der Waals surface area contributed by atoms with Crippen molar-refractivity contribution >= 4 is 27.4 Å². The molecule has 21 heavy (non-hydrogen) atoms. The third-order valence-corrected chi connectivity index (χ3v) is 4.10. The average molecular weight is 312 g/mol. The van der Waals surface area contributed by atoms with E-state index >= 15 is 0 Å². The number of nitrogens with one attached hydrogen (secondary N) is 3. The summed E-state index contributed by atoms with van der Waals surface area (Å²) in [6, 6.07) is 5.03. The highest BCUT2D eigenvalue weighted by molar-refractivity contribution is 7.89. The van der Waals surface area contributed by atoms with Crippen molar-refractivity contribution in [1.82, 2.24) is 19.4 Å². The first-order chi connectivity index (χ1) is 9.99. The molecule has 0 aromatic carbocycles. The van der Waals surface area contributed by atoms with Crippen molar-refractivity contribution in [2.45, 2.75) is 11.9 Å². The predicted molar refractivity (Wildman–Crippen MR) is 76.9 cm³/mol. The Kier molecular flexibility index (Phi) is 4.40. The molecule has 1 amide bonds. The summed E-state index contributed by atoms with van der Waals surface area (Å²) in [7, 11) is -3.95. The molecule has 0 atom stereocenters. The van der Waals surface area contributed by atoms with Crippen LogP contribution in [0.5, 0.6) is 0 Å². The third kappa shape index (κ3) is 3.12. The maximum Gasteiger partial charge on any atom is 0.260 e. The van der Waals surface area contributed by atoms with Gasteiger partial charge in [-0.25, -0.2) is 24.0 Å². The van der Waals surface area contributed by atoms with E-state index in [-0.39, 0.29) is 17.4 Å². The lowest BCUT2D eigenvalue weighted by molar-refractivity contribution is -0.119. The van der Waals surface area contributed by atoms with E-state index in [4.69, 9.17) is 5.84 Å². The number of hydrogen-bond acceptors (Lipinski definition) is 6. The molecule has 5 N–H and O–H groups in total. The molecular weight excluding hydrogens is 296 g/mol. The molecule has 0 aliphatic rings. The monoisotopic (exact) mass is 312 g/mol. The number of aromatic nitrogens is 2. The average Bonchev–Trinajstić information content (AvgIpc) is 2.85. The molecule has 0 bridgehead atoms. The van der Waals surface area contributed by atoms with Gasteiger partial charge in [0.05, 0.1) is 6.54 Å². The molecule has 0 aliphatic carbocycles. The van der Waals surface area contributed by atoms with Gasteiger partial charge in [-0.3, -0.25) is 9.20 Å². The van der Waals surface area contributed by atoms with Gasteiger partial charge in [-0.1, -0.05) is 6.07 Å². The first-order valence-corrected chi connectivity index (χ1v) is 7.68. The second-order valence-corrected chi connectivity index (χ2v) is 5.80. The zero-order chi connectivity index (χ0) is 15.5. The summed E-state index contributed by atoms with van der Waals surface area (Å²) >= 11 is 0. The number of imidazole rings is 1. The molecule has 0 radical (unpaired) electrons. The minimum absolute atomic E-state index is 0.00426. The smallest absolute Gasteiger partial charge is 0.260 e. The lowest BCUT2D eigenvalue weighted by Crippen LogP contribution is -2.37. The summed E-state index contributed by atoms with van der Waals surface area (Å²) in [5, 5.41) is 2.35. The van der Waals surface area contributed by atoms with Crippen LogP contribution in [0.4, 0.5) is 5.82 Å². The number of nitrogens with zero attached hydrogens (tertiary/aromatic N) is 2. The van der Waals surface area contributed by atoms with Gasteiger partial charge in [0, 0.05) is 12.7 Å². The molecule has 114 valence electrons. The van der Waals surface area contributed by atoms with Crippen LogP contribution in [0.15, 0.2) is 29.4 Å². The van der Waals surface area contributed by atoms with Crippen LogP contribution in [0.25, 0.3) is 5.65 Å². The van der Waals surface area contributed by atoms with Gasteiger partial charge in [0.15, 0.2) is 10.8 Å². The van der Waals surface area contributed by atoms with Crippen molar-refractivity contribution in [1.29, 1.82) is 0 Å². The number of carbonyl (C=O) groups excluding carboxylic acids is 1. The zero-order valence-electron chi connectivity index (χ0n) is 11.3. The van der Waals surface area contributed by atoms with Gasteiger partial charge in [-0.15, -0.1) is 0 Å². The van der Waals surface area contributed by atoms with Crippen molar-refractivity contribution in [3.05, 3.63) is 24.4 Å². The number of hydrazine groups is 1. The topological polar surface area (TPSA) is 131 Å². The second kappa shape index (κ2) is 6.08. The molecule has 0 spiro atoms. The van der Waals surface area contributed by atoms with Crippen molar-refractivity contribution in [3.8, 4) is 0 Å². The Morgan fingerprint density at radius 2 is 2.19 bits per heavy atom. The van der Waals surface area contributed by atoms with E-state index in [1.54, 1.807) is 31.3 Å². The molecule has 2 aromatic heterocycles. The van der Waals surface area contributed by atoms with E-state index in [1.807, 2.05) is 0 Å². The number of nitrogens with two attached hydrogens (primary N) is 1. The van der Waals surface area contributed by atoms with Crippen LogP contribution < -0.4 is 21.3 Å². The van der Waals surface area contributed by atoms with Gasteiger partial charge in [-0.2, -0.15) is 0 Å². The number of likely N-dealkylation sites (N-methyl/N-ethyl adjacent to an activating group) is 1. The first-order valence-electron chi connectivity index (χ1n) is 6.19. The Bertz CT molecular complexity index is 754. The number of anilines is 1. The van der Waals surface area contributed by atoms with Crippen LogP contribution in [0.3, 0.4) is 0 Å². The maximum atomic E-state index is 12.3. The van der Waals surface area contributed by atoms with Gasteiger partial charge < -0.3 is 10.7 Å². The number of sulfonamides is 1. The molecule has 2 aromatic rings. The molecule has 0 unspecified atom stereocenters. The summed E-state index contributed by atoms with van der Waals surface area (Å²) in [5.41, 5.74) is 2.67. The second-order valence-electron chi connectivity index (χ2n) is 4.12. The van der Waals surface area contributed by atoms with Crippen LogP contribution in [0, 0.1) is 0 Å². The SMILES string of the molecule is CCNC(=O)CNS(=O)(=O)c1c(NN)nc2ccccn12. The molecule has 2 heterocycles. The number of rotatable bonds is 6. The Balaban J connectivity index is 2.37. The molecule has 0 saturated carbocycles. The Morgan fingerprint density at radius 3 is 2.86 bits per heavy atom. The van der Waals surface area contributed by atoms with Crippen molar-refractivity contribution in [3.63, 3.8) is 0 Å². The van der Waals surface area contributed by atoms with Gasteiger partial charge in [0.1, 0.15) is 5.65 Å². The van der Waals surface area contributed by atoms with Gasteiger partial charge in [0.2, 0.25) is 5.91 Å². The van der Waals surface area contributed by atoms with Gasteiger partial charge in [0.25, 0.3) is 10.0 Å². The highest BCUT2D eigenvalue weighted by atomic mass is 32.2. The predicted octanol–water partition coefficient (Wildman–Crippen LogP) is -0.966. The summed E-state index contributed by atoms with van der Waals surface area (Å²) < 4.78 is 28.3. The molecular formula is C11H16N6O3S. The largest absolute Gasteiger partial charge is 0.355 e. The Hall–Kier alpha value is -2.17. The fourth-order valence-corrected chi connectivity index (χ4v) is 3.04. The minimum Gasteiger partial charge on any atom is -0.355 e. The maximum absolute atomic E-state index is 12.3. The standard InChI is InChI=1S/C11H16N6O3S/c1-2-13-9(18)7-14-21(19,20)11-10(16-12)15-8-5-3-4-6-17(8)11/h3-6,14,16H,2,7,12H2,1H3,(H,13,18). The first kappa shape index (κ1) is 15.2. The van der Waals surface area contributed by atoms with Crippen LogP contribution in [0.2, 0.25) is 0 Å². The molecule has 2 rings (SSSR count). The van der Waals surface area contributed by atoms with E-state index in [0.29, 0.717) is 12.2 Å². The van der Waals surface area contributed by atoms with Gasteiger partial charge >= 0.3 is 0 Å². The molecule has 9 nitrogen and oxygen atoms in total. The van der Waals surface area contributed by atoms with E-state index in [2.05, 4.69) is 20.4 Å². The van der Waals surface area contributed by atoms with Crippen LogP contribution in [-0.4, -0.2) is 36.8 Å². The molecule has 0 saturated heterocycles. The quantitative estimate of drug-likeness (QED) is 0.401. The number of pyridine rings is 1. The number of hydrogen-bond donors (Lipinski definition) is 4.